The van der Waals surface area contributed by atoms with Gasteiger partial charge in [-0.1, -0.05) is 60.7 Å². The molecule has 1 heterocycles. The van der Waals surface area contributed by atoms with Crippen LogP contribution in [0, 0.1) is 0 Å². The summed E-state index contributed by atoms with van der Waals surface area (Å²) in [6.45, 7) is 0. The lowest BCUT2D eigenvalue weighted by atomic mass is 10.0. The first-order valence-corrected chi connectivity index (χ1v) is 6.80. The lowest BCUT2D eigenvalue weighted by Gasteiger charge is -1.98. The Kier molecular flexibility index (Phi) is 5.38. The number of hydrogen-bond acceptors (Lipinski definition) is 2. The average molecular weight is 305 g/mol. The molecule has 3 atom stereocenters. The highest BCUT2D eigenvalue weighted by molar-refractivity contribution is 6.33. The molecule has 0 N–H and O–H groups in total. The van der Waals surface area contributed by atoms with Gasteiger partial charge in [0.1, 0.15) is 0 Å². The third kappa shape index (κ3) is 3.98. The molecule has 0 aliphatic carbocycles. The van der Waals surface area contributed by atoms with Gasteiger partial charge in [-0.3, -0.25) is 22.6 Å². The fourth-order valence-electron chi connectivity index (χ4n) is 2.51. The van der Waals surface area contributed by atoms with Crippen LogP contribution in [-0.4, -0.2) is 31.3 Å². The molecule has 2 aromatic carbocycles. The summed E-state index contributed by atoms with van der Waals surface area (Å²) in [6.07, 6.45) is 0. The molecular formula is C16H15BF3NO. The number of halogens is 3. The van der Waals surface area contributed by atoms with Gasteiger partial charge < -0.3 is 0 Å². The van der Waals surface area contributed by atoms with E-state index in [0.717, 1.165) is 5.56 Å². The number of ketones is 1. The number of benzene rings is 2. The lowest BCUT2D eigenvalue weighted by Crippen LogP contribution is -2.11. The number of hydrogen-bond donors (Lipinski definition) is 0. The first kappa shape index (κ1) is 16.3. The van der Waals surface area contributed by atoms with Crippen molar-refractivity contribution < 1.29 is 17.7 Å². The van der Waals surface area contributed by atoms with Gasteiger partial charge >= 0.3 is 7.54 Å². The Morgan fingerprint density at radius 3 is 1.91 bits per heavy atom. The molecule has 0 saturated carbocycles. The normalized spacial score (nSPS) is 22.3. The van der Waals surface area contributed by atoms with Crippen molar-refractivity contribution in [2.45, 2.75) is 12.1 Å². The molecule has 114 valence electrons. The second-order valence-electron chi connectivity index (χ2n) is 4.94. The van der Waals surface area contributed by atoms with Gasteiger partial charge in [-0.15, -0.1) is 0 Å². The van der Waals surface area contributed by atoms with E-state index in [9.17, 15) is 17.7 Å². The van der Waals surface area contributed by atoms with E-state index < -0.39 is 7.54 Å². The SMILES string of the molecule is CN1C(C(=O)c2ccccc2)C1c1ccccc1.FB(F)F. The van der Waals surface area contributed by atoms with Crippen molar-refractivity contribution in [3.05, 3.63) is 71.8 Å². The van der Waals surface area contributed by atoms with Gasteiger partial charge in [0.05, 0.1) is 12.1 Å². The van der Waals surface area contributed by atoms with Crippen molar-refractivity contribution in [2.24, 2.45) is 0 Å². The highest BCUT2D eigenvalue weighted by Gasteiger charge is 2.50. The molecule has 1 aliphatic heterocycles. The van der Waals surface area contributed by atoms with Crippen molar-refractivity contribution >= 4 is 13.3 Å². The highest BCUT2D eigenvalue weighted by atomic mass is 19.4. The second-order valence-corrected chi connectivity index (χ2v) is 4.94. The highest BCUT2D eigenvalue weighted by Crippen LogP contribution is 2.42. The minimum Gasteiger partial charge on any atom is -0.292 e. The molecule has 1 saturated heterocycles. The van der Waals surface area contributed by atoms with E-state index >= 15 is 0 Å². The van der Waals surface area contributed by atoms with Gasteiger partial charge in [0.25, 0.3) is 0 Å². The van der Waals surface area contributed by atoms with Gasteiger partial charge in [-0.05, 0) is 12.6 Å². The van der Waals surface area contributed by atoms with Crippen LogP contribution in [0.1, 0.15) is 22.0 Å². The van der Waals surface area contributed by atoms with Crippen LogP contribution in [0.15, 0.2) is 60.7 Å². The molecular weight excluding hydrogens is 290 g/mol. The Hall–Kier alpha value is -2.08. The maximum atomic E-state index is 12.4. The topological polar surface area (TPSA) is 20.1 Å². The molecule has 1 fully saturated rings. The summed E-state index contributed by atoms with van der Waals surface area (Å²) in [5, 5.41) is 0. The van der Waals surface area contributed by atoms with Gasteiger partial charge in [0.2, 0.25) is 0 Å². The lowest BCUT2D eigenvalue weighted by molar-refractivity contribution is 0.0977. The van der Waals surface area contributed by atoms with Crippen LogP contribution in [0.2, 0.25) is 0 Å². The molecule has 6 heteroatoms. The van der Waals surface area contributed by atoms with Crippen LogP contribution < -0.4 is 0 Å². The van der Waals surface area contributed by atoms with E-state index in [2.05, 4.69) is 17.0 Å². The van der Waals surface area contributed by atoms with E-state index in [1.54, 1.807) is 0 Å². The van der Waals surface area contributed by atoms with Gasteiger partial charge in [-0.2, -0.15) is 0 Å². The van der Waals surface area contributed by atoms with E-state index in [1.165, 1.54) is 5.56 Å². The minimum atomic E-state index is -3.67. The molecule has 3 rings (SSSR count). The average Bonchev–Trinajstić information content (AvgIpc) is 3.19. The van der Waals surface area contributed by atoms with E-state index in [4.69, 9.17) is 0 Å². The zero-order valence-corrected chi connectivity index (χ0v) is 12.0. The molecule has 0 amide bonds. The zero-order chi connectivity index (χ0) is 16.1. The third-order valence-electron chi connectivity index (χ3n) is 3.55. The van der Waals surface area contributed by atoms with Gasteiger partial charge in [-0.25, -0.2) is 0 Å². The Morgan fingerprint density at radius 2 is 1.41 bits per heavy atom. The van der Waals surface area contributed by atoms with E-state index in [0.29, 0.717) is 0 Å². The number of rotatable bonds is 3. The minimum absolute atomic E-state index is 0.00481. The summed E-state index contributed by atoms with van der Waals surface area (Å²) in [5.74, 6) is 0.215. The first-order chi connectivity index (χ1) is 10.5. The van der Waals surface area contributed by atoms with Crippen LogP contribution in [-0.2, 0) is 0 Å². The first-order valence-electron chi connectivity index (χ1n) is 6.80. The summed E-state index contributed by atoms with van der Waals surface area (Å²) in [7, 11) is -1.66. The summed E-state index contributed by atoms with van der Waals surface area (Å²) >= 11 is 0. The summed E-state index contributed by atoms with van der Waals surface area (Å²) in [5.41, 5.74) is 2.02. The number of carbonyl (C=O) groups excluding carboxylic acids is 1. The van der Waals surface area contributed by atoms with E-state index in [-0.39, 0.29) is 17.9 Å². The van der Waals surface area contributed by atoms with Gasteiger partial charge in [0.15, 0.2) is 5.78 Å². The fourth-order valence-corrected chi connectivity index (χ4v) is 2.51. The van der Waals surface area contributed by atoms with Crippen molar-refractivity contribution in [2.75, 3.05) is 7.05 Å². The maximum Gasteiger partial charge on any atom is 0.762 e. The van der Waals surface area contributed by atoms with Crippen molar-refractivity contribution in [1.29, 1.82) is 0 Å². The molecule has 2 aromatic rings. The number of Topliss-reactive ketones (excluding diaryl/α,β-unsaturated/α-hetero) is 1. The molecule has 2 nitrogen and oxygen atoms in total. The molecule has 1 aliphatic rings. The quantitative estimate of drug-likeness (QED) is 0.488. The molecule has 0 spiro atoms. The van der Waals surface area contributed by atoms with Crippen LogP contribution >= 0.6 is 0 Å². The third-order valence-corrected chi connectivity index (χ3v) is 3.55. The number of nitrogens with zero attached hydrogens (tertiary/aromatic N) is 1. The standard InChI is InChI=1S/C16H15NO.BF3/c1-17-14(12-8-4-2-5-9-12)15(17)16(18)13-10-6-3-7-11-13;2-1(3)4/h2-11,14-15H,1H3;. The summed E-state index contributed by atoms with van der Waals surface area (Å²) in [4.78, 5) is 14.5. The molecule has 3 unspecified atom stereocenters. The monoisotopic (exact) mass is 305 g/mol. The second kappa shape index (κ2) is 7.27. The molecule has 0 radical (unpaired) electrons. The predicted molar refractivity (Wildman–Crippen MR) is 80.6 cm³/mol. The Morgan fingerprint density at radius 1 is 0.955 bits per heavy atom. The largest absolute Gasteiger partial charge is 0.762 e. The molecule has 0 bridgehead atoms. The molecule has 22 heavy (non-hydrogen) atoms. The van der Waals surface area contributed by atoms with Gasteiger partial charge in [0, 0.05) is 5.56 Å². The fraction of sp³-hybridized carbons (Fsp3) is 0.188. The maximum absolute atomic E-state index is 12.4. The van der Waals surface area contributed by atoms with Crippen LogP contribution in [0.4, 0.5) is 12.9 Å². The van der Waals surface area contributed by atoms with Crippen molar-refractivity contribution in [1.82, 2.24) is 4.90 Å². The van der Waals surface area contributed by atoms with Crippen molar-refractivity contribution in [3.8, 4) is 0 Å². The number of likely N-dealkylation sites (N-methyl/N-ethyl adjacent to an activating group) is 1. The Labute approximate surface area is 127 Å². The van der Waals surface area contributed by atoms with Crippen LogP contribution in [0.5, 0.6) is 0 Å². The zero-order valence-electron chi connectivity index (χ0n) is 12.0. The number of carbonyl (C=O) groups is 1. The smallest absolute Gasteiger partial charge is 0.292 e. The van der Waals surface area contributed by atoms with Crippen LogP contribution in [0.25, 0.3) is 0 Å². The predicted octanol–water partition coefficient (Wildman–Crippen LogP) is 3.80. The summed E-state index contributed by atoms with van der Waals surface area (Å²) in [6, 6.07) is 20.0. The van der Waals surface area contributed by atoms with Crippen LogP contribution in [0.3, 0.4) is 0 Å². The van der Waals surface area contributed by atoms with Crippen molar-refractivity contribution in [3.63, 3.8) is 0 Å². The Balaban J connectivity index is 0.000000396. The molecule has 0 aromatic heterocycles. The van der Waals surface area contributed by atoms with E-state index in [1.807, 2.05) is 55.6 Å². The Bertz CT molecular complexity index is 607. The summed E-state index contributed by atoms with van der Waals surface area (Å²) < 4.78 is 29.0.